The van der Waals surface area contributed by atoms with E-state index in [0.717, 1.165) is 22.0 Å². The molecule has 1 amide bonds. The standard InChI is InChI=1S/C13H15N3OS/c1-7-4-5-10(14)6-11(7)16-13(17)12-8(2)15-9(3)18-12/h4-6H,14H2,1-3H3,(H,16,17). The summed E-state index contributed by atoms with van der Waals surface area (Å²) in [5.41, 5.74) is 8.83. The molecule has 0 spiro atoms. The predicted molar refractivity (Wildman–Crippen MR) is 75.1 cm³/mol. The Morgan fingerprint density at radius 1 is 1.33 bits per heavy atom. The second-order valence-electron chi connectivity index (χ2n) is 4.18. The van der Waals surface area contributed by atoms with Crippen molar-refractivity contribution >= 4 is 28.6 Å². The Balaban J connectivity index is 2.26. The van der Waals surface area contributed by atoms with Gasteiger partial charge in [-0.25, -0.2) is 4.98 Å². The van der Waals surface area contributed by atoms with Gasteiger partial charge in [0, 0.05) is 11.4 Å². The lowest BCUT2D eigenvalue weighted by atomic mass is 10.2. The van der Waals surface area contributed by atoms with Crippen LogP contribution in [0.5, 0.6) is 0 Å². The Bertz CT molecular complexity index is 604. The minimum Gasteiger partial charge on any atom is -0.399 e. The average Bonchev–Trinajstić information content (AvgIpc) is 2.63. The van der Waals surface area contributed by atoms with E-state index in [9.17, 15) is 4.79 Å². The summed E-state index contributed by atoms with van der Waals surface area (Å²) in [4.78, 5) is 17.0. The molecule has 0 bridgehead atoms. The van der Waals surface area contributed by atoms with E-state index >= 15 is 0 Å². The van der Waals surface area contributed by atoms with Crippen LogP contribution in [0, 0.1) is 20.8 Å². The quantitative estimate of drug-likeness (QED) is 0.817. The van der Waals surface area contributed by atoms with E-state index in [2.05, 4.69) is 10.3 Å². The van der Waals surface area contributed by atoms with Crippen molar-refractivity contribution < 1.29 is 4.79 Å². The summed E-state index contributed by atoms with van der Waals surface area (Å²) in [5, 5.41) is 3.76. The number of rotatable bonds is 2. The number of amides is 1. The third-order valence-corrected chi connectivity index (χ3v) is 3.69. The van der Waals surface area contributed by atoms with Crippen molar-refractivity contribution in [1.29, 1.82) is 0 Å². The first-order valence-electron chi connectivity index (χ1n) is 5.59. The fourth-order valence-corrected chi connectivity index (χ4v) is 2.51. The van der Waals surface area contributed by atoms with Gasteiger partial charge in [0.1, 0.15) is 4.88 Å². The summed E-state index contributed by atoms with van der Waals surface area (Å²) in [6.07, 6.45) is 0. The molecule has 2 rings (SSSR count). The molecule has 18 heavy (non-hydrogen) atoms. The summed E-state index contributed by atoms with van der Waals surface area (Å²) >= 11 is 1.40. The van der Waals surface area contributed by atoms with Crippen LogP contribution in [0.4, 0.5) is 11.4 Å². The smallest absolute Gasteiger partial charge is 0.267 e. The number of nitrogens with two attached hydrogens (primary N) is 1. The van der Waals surface area contributed by atoms with E-state index in [4.69, 9.17) is 5.73 Å². The van der Waals surface area contributed by atoms with E-state index in [1.54, 1.807) is 6.07 Å². The Hall–Kier alpha value is -1.88. The van der Waals surface area contributed by atoms with Crippen LogP contribution in [0.15, 0.2) is 18.2 Å². The number of carbonyl (C=O) groups excluding carboxylic acids is 1. The first-order chi connectivity index (χ1) is 8.47. The lowest BCUT2D eigenvalue weighted by molar-refractivity contribution is 0.102. The molecule has 0 aliphatic rings. The lowest BCUT2D eigenvalue weighted by Crippen LogP contribution is -2.12. The average molecular weight is 261 g/mol. The molecule has 0 saturated carbocycles. The molecule has 1 aromatic carbocycles. The zero-order valence-corrected chi connectivity index (χ0v) is 11.4. The van der Waals surface area contributed by atoms with Crippen molar-refractivity contribution in [3.63, 3.8) is 0 Å². The van der Waals surface area contributed by atoms with Crippen molar-refractivity contribution in [2.45, 2.75) is 20.8 Å². The van der Waals surface area contributed by atoms with Crippen LogP contribution in [0.3, 0.4) is 0 Å². The highest BCUT2D eigenvalue weighted by Crippen LogP contribution is 2.22. The number of benzene rings is 1. The Kier molecular flexibility index (Phi) is 3.34. The molecule has 0 atom stereocenters. The van der Waals surface area contributed by atoms with Gasteiger partial charge in [0.05, 0.1) is 10.7 Å². The maximum atomic E-state index is 12.1. The molecule has 5 heteroatoms. The second kappa shape index (κ2) is 4.78. The van der Waals surface area contributed by atoms with Crippen molar-refractivity contribution in [3.05, 3.63) is 39.3 Å². The van der Waals surface area contributed by atoms with Gasteiger partial charge in [-0.15, -0.1) is 11.3 Å². The van der Waals surface area contributed by atoms with Crippen molar-refractivity contribution in [2.24, 2.45) is 0 Å². The minimum atomic E-state index is -0.133. The van der Waals surface area contributed by atoms with Gasteiger partial charge in [-0.3, -0.25) is 4.79 Å². The third-order valence-electron chi connectivity index (χ3n) is 2.62. The number of nitrogens with one attached hydrogen (secondary N) is 1. The SMILES string of the molecule is Cc1nc(C)c(C(=O)Nc2cc(N)ccc2C)s1. The van der Waals surface area contributed by atoms with Crippen molar-refractivity contribution in [3.8, 4) is 0 Å². The zero-order valence-electron chi connectivity index (χ0n) is 10.6. The largest absolute Gasteiger partial charge is 0.399 e. The molecule has 94 valence electrons. The molecule has 0 unspecified atom stereocenters. The molecule has 1 heterocycles. The lowest BCUT2D eigenvalue weighted by Gasteiger charge is -2.08. The number of thiazole rings is 1. The fourth-order valence-electron chi connectivity index (χ4n) is 1.70. The zero-order chi connectivity index (χ0) is 13.3. The summed E-state index contributed by atoms with van der Waals surface area (Å²) in [6.45, 7) is 5.66. The van der Waals surface area contributed by atoms with E-state index in [1.807, 2.05) is 32.9 Å². The maximum Gasteiger partial charge on any atom is 0.267 e. The highest BCUT2D eigenvalue weighted by atomic mass is 32.1. The van der Waals surface area contributed by atoms with Crippen LogP contribution in [0.1, 0.15) is 25.9 Å². The van der Waals surface area contributed by atoms with Crippen molar-refractivity contribution in [2.75, 3.05) is 11.1 Å². The van der Waals surface area contributed by atoms with Gasteiger partial charge in [-0.1, -0.05) is 6.07 Å². The van der Waals surface area contributed by atoms with Crippen LogP contribution in [0.25, 0.3) is 0 Å². The van der Waals surface area contributed by atoms with Crippen molar-refractivity contribution in [1.82, 2.24) is 4.98 Å². The molecule has 0 fully saturated rings. The fraction of sp³-hybridized carbons (Fsp3) is 0.231. The number of hydrogen-bond acceptors (Lipinski definition) is 4. The summed E-state index contributed by atoms with van der Waals surface area (Å²) in [6, 6.07) is 5.46. The first-order valence-corrected chi connectivity index (χ1v) is 6.40. The van der Waals surface area contributed by atoms with Gasteiger partial charge < -0.3 is 11.1 Å². The molecule has 0 aliphatic heterocycles. The van der Waals surface area contributed by atoms with Gasteiger partial charge in [-0.2, -0.15) is 0 Å². The van der Waals surface area contributed by atoms with E-state index in [1.165, 1.54) is 11.3 Å². The van der Waals surface area contributed by atoms with E-state index in [-0.39, 0.29) is 5.91 Å². The number of nitrogens with zero attached hydrogens (tertiary/aromatic N) is 1. The summed E-state index contributed by atoms with van der Waals surface area (Å²) < 4.78 is 0. The van der Waals surface area contributed by atoms with E-state index in [0.29, 0.717) is 10.6 Å². The van der Waals surface area contributed by atoms with Gasteiger partial charge in [0.2, 0.25) is 0 Å². The molecular weight excluding hydrogens is 246 g/mol. The minimum absolute atomic E-state index is 0.133. The van der Waals surface area contributed by atoms with Crippen LogP contribution >= 0.6 is 11.3 Å². The Labute approximate surface area is 110 Å². The molecular formula is C13H15N3OS. The molecule has 4 nitrogen and oxygen atoms in total. The predicted octanol–water partition coefficient (Wildman–Crippen LogP) is 2.90. The number of anilines is 2. The summed E-state index contributed by atoms with van der Waals surface area (Å²) in [7, 11) is 0. The Morgan fingerprint density at radius 2 is 2.06 bits per heavy atom. The first kappa shape index (κ1) is 12.6. The molecule has 0 radical (unpaired) electrons. The Morgan fingerprint density at radius 3 is 2.67 bits per heavy atom. The topological polar surface area (TPSA) is 68.0 Å². The van der Waals surface area contributed by atoms with Gasteiger partial charge >= 0.3 is 0 Å². The second-order valence-corrected chi connectivity index (χ2v) is 5.38. The van der Waals surface area contributed by atoms with Gasteiger partial charge in [-0.05, 0) is 38.5 Å². The number of carbonyl (C=O) groups is 1. The molecule has 1 aromatic heterocycles. The highest BCUT2D eigenvalue weighted by Gasteiger charge is 2.14. The number of hydrogen-bond donors (Lipinski definition) is 2. The highest BCUT2D eigenvalue weighted by molar-refractivity contribution is 7.13. The normalized spacial score (nSPS) is 10.4. The van der Waals surface area contributed by atoms with Gasteiger partial charge in [0.25, 0.3) is 5.91 Å². The van der Waals surface area contributed by atoms with Gasteiger partial charge in [0.15, 0.2) is 0 Å². The maximum absolute atomic E-state index is 12.1. The summed E-state index contributed by atoms with van der Waals surface area (Å²) in [5.74, 6) is -0.133. The molecule has 2 aromatic rings. The molecule has 0 saturated heterocycles. The van der Waals surface area contributed by atoms with Crippen LogP contribution < -0.4 is 11.1 Å². The third kappa shape index (κ3) is 2.51. The van der Waals surface area contributed by atoms with Crippen LogP contribution in [-0.4, -0.2) is 10.9 Å². The molecule has 0 aliphatic carbocycles. The molecule has 3 N–H and O–H groups in total. The van der Waals surface area contributed by atoms with Crippen LogP contribution in [-0.2, 0) is 0 Å². The number of aromatic nitrogens is 1. The van der Waals surface area contributed by atoms with Crippen LogP contribution in [0.2, 0.25) is 0 Å². The number of aryl methyl sites for hydroxylation is 3. The van der Waals surface area contributed by atoms with E-state index < -0.39 is 0 Å². The monoisotopic (exact) mass is 261 g/mol. The number of nitrogen functional groups attached to an aromatic ring is 1.